The maximum atomic E-state index is 9.83. The average molecular weight is 331 g/mol. The molecule has 7 nitrogen and oxygen atoms in total. The second-order valence-corrected chi connectivity index (χ2v) is 5.93. The Morgan fingerprint density at radius 2 is 2.16 bits per heavy atom. The van der Waals surface area contributed by atoms with Crippen molar-refractivity contribution in [3.8, 4) is 17.4 Å². The molecule has 4 aromatic rings. The fourth-order valence-electron chi connectivity index (χ4n) is 3.30. The normalized spacial score (nSPS) is 15.5. The number of aryl methyl sites for hydroxylation is 1. The monoisotopic (exact) mass is 331 g/mol. The molecule has 0 radical (unpaired) electrons. The van der Waals surface area contributed by atoms with Crippen LogP contribution in [0.15, 0.2) is 49.1 Å². The molecule has 7 heteroatoms. The summed E-state index contributed by atoms with van der Waals surface area (Å²) in [7, 11) is 0. The van der Waals surface area contributed by atoms with E-state index >= 15 is 0 Å². The highest BCUT2D eigenvalue weighted by Gasteiger charge is 2.33. The molecule has 0 aliphatic carbocycles. The van der Waals surface area contributed by atoms with E-state index < -0.39 is 0 Å². The van der Waals surface area contributed by atoms with Crippen LogP contribution in [0.1, 0.15) is 28.4 Å². The lowest BCUT2D eigenvalue weighted by molar-refractivity contribution is 0.422. The topological polar surface area (TPSA) is 85.4 Å². The molecule has 1 aliphatic rings. The van der Waals surface area contributed by atoms with Gasteiger partial charge in [0.1, 0.15) is 23.7 Å². The molecule has 0 saturated carbocycles. The number of ether oxygens (including phenoxy) is 1. The molecular formula is C18H13N5O2. The number of nitrogens with zero attached hydrogens (tertiary/aromatic N) is 5. The molecule has 0 fully saturated rings. The molecular weight excluding hydrogens is 318 g/mol. The third-order valence-corrected chi connectivity index (χ3v) is 4.31. The molecule has 25 heavy (non-hydrogen) atoms. The van der Waals surface area contributed by atoms with Gasteiger partial charge in [-0.25, -0.2) is 14.5 Å². The van der Waals surface area contributed by atoms with Crippen LogP contribution in [0.3, 0.4) is 0 Å². The first-order chi connectivity index (χ1) is 12.2. The van der Waals surface area contributed by atoms with Crippen LogP contribution in [0.2, 0.25) is 0 Å². The number of phenols is 1. The average Bonchev–Trinajstić information content (AvgIpc) is 3.01. The molecule has 5 rings (SSSR count). The molecule has 1 aliphatic heterocycles. The van der Waals surface area contributed by atoms with Gasteiger partial charge in [-0.3, -0.25) is 4.98 Å². The third-order valence-electron chi connectivity index (χ3n) is 4.31. The van der Waals surface area contributed by atoms with Crippen LogP contribution in [-0.2, 0) is 0 Å². The minimum Gasteiger partial charge on any atom is -0.508 e. The second kappa shape index (κ2) is 5.01. The quantitative estimate of drug-likeness (QED) is 0.508. The van der Waals surface area contributed by atoms with E-state index in [1.807, 2.05) is 31.3 Å². The number of aromatic nitrogens is 5. The zero-order valence-corrected chi connectivity index (χ0v) is 13.3. The fourth-order valence-corrected chi connectivity index (χ4v) is 3.30. The lowest BCUT2D eigenvalue weighted by Gasteiger charge is -2.27. The highest BCUT2D eigenvalue weighted by Crippen LogP contribution is 2.48. The van der Waals surface area contributed by atoms with Gasteiger partial charge in [0, 0.05) is 29.9 Å². The number of fused-ring (bicyclic) bond motifs is 4. The minimum absolute atomic E-state index is 0.145. The molecule has 0 amide bonds. The molecule has 1 aromatic carbocycles. The first kappa shape index (κ1) is 13.9. The summed E-state index contributed by atoms with van der Waals surface area (Å²) in [6, 6.07) is 9.02. The van der Waals surface area contributed by atoms with Crippen LogP contribution >= 0.6 is 0 Å². The number of benzene rings is 1. The molecule has 3 aromatic heterocycles. The molecule has 0 bridgehead atoms. The van der Waals surface area contributed by atoms with Crippen LogP contribution in [0.4, 0.5) is 0 Å². The summed E-state index contributed by atoms with van der Waals surface area (Å²) in [5.41, 5.74) is 3.47. The number of hydrogen-bond acceptors (Lipinski definition) is 6. The Bertz CT molecular complexity index is 1110. The Morgan fingerprint density at radius 3 is 3.00 bits per heavy atom. The lowest BCUT2D eigenvalue weighted by atomic mass is 9.84. The van der Waals surface area contributed by atoms with Gasteiger partial charge >= 0.3 is 0 Å². The van der Waals surface area contributed by atoms with Crippen molar-refractivity contribution in [1.82, 2.24) is 24.6 Å². The second-order valence-electron chi connectivity index (χ2n) is 5.93. The fraction of sp³-hybridized carbons (Fsp3) is 0.111. The Kier molecular flexibility index (Phi) is 2.79. The van der Waals surface area contributed by atoms with Gasteiger partial charge in [0.05, 0.1) is 5.56 Å². The zero-order valence-electron chi connectivity index (χ0n) is 13.3. The van der Waals surface area contributed by atoms with E-state index in [-0.39, 0.29) is 11.7 Å². The number of hydrogen-bond donors (Lipinski definition) is 1. The highest BCUT2D eigenvalue weighted by molar-refractivity contribution is 5.65. The van der Waals surface area contributed by atoms with Gasteiger partial charge in [-0.1, -0.05) is 12.1 Å². The summed E-state index contributed by atoms with van der Waals surface area (Å²) in [4.78, 5) is 13.2. The van der Waals surface area contributed by atoms with Crippen LogP contribution in [-0.4, -0.2) is 29.7 Å². The van der Waals surface area contributed by atoms with E-state index in [9.17, 15) is 5.11 Å². The molecule has 122 valence electrons. The summed E-state index contributed by atoms with van der Waals surface area (Å²) >= 11 is 0. The standard InChI is InChI=1S/C18H13N5O2/c1-10-21-17-16-15(11-3-2-6-19-8-11)13-5-4-12(24)7-14(13)25-18(16)20-9-23(17)22-10/h2-9,15,24H,1H3. The maximum Gasteiger partial charge on any atom is 0.228 e. The van der Waals surface area contributed by atoms with Gasteiger partial charge in [0.25, 0.3) is 0 Å². The van der Waals surface area contributed by atoms with Gasteiger partial charge in [-0.05, 0) is 24.6 Å². The van der Waals surface area contributed by atoms with Gasteiger partial charge in [-0.15, -0.1) is 0 Å². The summed E-state index contributed by atoms with van der Waals surface area (Å²) in [5, 5.41) is 14.2. The van der Waals surface area contributed by atoms with Crippen molar-refractivity contribution >= 4 is 5.65 Å². The van der Waals surface area contributed by atoms with Gasteiger partial charge in [0.2, 0.25) is 5.88 Å². The van der Waals surface area contributed by atoms with E-state index in [1.165, 1.54) is 0 Å². The Hall–Kier alpha value is -3.48. The number of phenolic OH excluding ortho intramolecular Hbond substituents is 1. The summed E-state index contributed by atoms with van der Waals surface area (Å²) in [6.07, 6.45) is 5.15. The molecule has 0 saturated heterocycles. The number of rotatable bonds is 1. The maximum absolute atomic E-state index is 9.83. The molecule has 4 heterocycles. The molecule has 0 spiro atoms. The summed E-state index contributed by atoms with van der Waals surface area (Å²) in [5.74, 6) is 1.69. The predicted octanol–water partition coefficient (Wildman–Crippen LogP) is 2.82. The predicted molar refractivity (Wildman–Crippen MR) is 88.9 cm³/mol. The zero-order chi connectivity index (χ0) is 17.0. The summed E-state index contributed by atoms with van der Waals surface area (Å²) in [6.45, 7) is 1.84. The first-order valence-electron chi connectivity index (χ1n) is 7.83. The van der Waals surface area contributed by atoms with Crippen LogP contribution in [0.5, 0.6) is 17.4 Å². The van der Waals surface area contributed by atoms with Gasteiger partial charge < -0.3 is 9.84 Å². The van der Waals surface area contributed by atoms with E-state index in [2.05, 4.69) is 20.1 Å². The smallest absolute Gasteiger partial charge is 0.228 e. The third kappa shape index (κ3) is 2.06. The highest BCUT2D eigenvalue weighted by atomic mass is 16.5. The summed E-state index contributed by atoms with van der Waals surface area (Å²) < 4.78 is 7.61. The molecule has 1 unspecified atom stereocenters. The van der Waals surface area contributed by atoms with Crippen molar-refractivity contribution in [2.24, 2.45) is 0 Å². The van der Waals surface area contributed by atoms with Crippen molar-refractivity contribution in [3.05, 3.63) is 71.6 Å². The SMILES string of the molecule is Cc1nc2c3c(ncn2n1)Oc1cc(O)ccc1C3c1cccnc1. The Morgan fingerprint density at radius 1 is 1.24 bits per heavy atom. The van der Waals surface area contributed by atoms with Crippen molar-refractivity contribution in [2.45, 2.75) is 12.8 Å². The van der Waals surface area contributed by atoms with E-state index in [4.69, 9.17) is 4.74 Å². The van der Waals surface area contributed by atoms with E-state index in [0.29, 0.717) is 23.1 Å². The number of aromatic hydroxyl groups is 1. The van der Waals surface area contributed by atoms with Crippen molar-refractivity contribution in [1.29, 1.82) is 0 Å². The van der Waals surface area contributed by atoms with Crippen LogP contribution in [0.25, 0.3) is 5.65 Å². The number of pyridine rings is 1. The van der Waals surface area contributed by atoms with E-state index in [1.54, 1.807) is 29.2 Å². The van der Waals surface area contributed by atoms with Crippen molar-refractivity contribution in [3.63, 3.8) is 0 Å². The van der Waals surface area contributed by atoms with Crippen LogP contribution in [0, 0.1) is 6.92 Å². The lowest BCUT2D eigenvalue weighted by Crippen LogP contribution is -2.15. The minimum atomic E-state index is -0.159. The van der Waals surface area contributed by atoms with E-state index in [0.717, 1.165) is 16.7 Å². The van der Waals surface area contributed by atoms with Crippen molar-refractivity contribution < 1.29 is 9.84 Å². The largest absolute Gasteiger partial charge is 0.508 e. The van der Waals surface area contributed by atoms with Crippen LogP contribution < -0.4 is 4.74 Å². The van der Waals surface area contributed by atoms with Crippen molar-refractivity contribution in [2.75, 3.05) is 0 Å². The van der Waals surface area contributed by atoms with Gasteiger partial charge in [-0.2, -0.15) is 5.10 Å². The Labute approximate surface area is 142 Å². The Balaban J connectivity index is 1.86. The molecule has 1 N–H and O–H groups in total. The molecule has 1 atom stereocenters. The first-order valence-corrected chi connectivity index (χ1v) is 7.83. The van der Waals surface area contributed by atoms with Gasteiger partial charge in [0.15, 0.2) is 5.65 Å².